The topological polar surface area (TPSA) is 77.5 Å². The molecule has 2 bridgehead atoms. The van der Waals surface area contributed by atoms with E-state index in [0.29, 0.717) is 12.3 Å². The summed E-state index contributed by atoms with van der Waals surface area (Å²) >= 11 is 6.80. The Morgan fingerprint density at radius 3 is 1.93 bits per heavy atom. The van der Waals surface area contributed by atoms with Crippen LogP contribution < -0.4 is 18.9 Å². The maximum absolute atomic E-state index is 13.5. The molecular weight excluding hydrogens is 532 g/mol. The minimum absolute atomic E-state index is 0.0574. The Morgan fingerprint density at radius 2 is 1.35 bits per heavy atom. The summed E-state index contributed by atoms with van der Waals surface area (Å²) in [5.41, 5.74) is 1.90. The average Bonchev–Trinajstić information content (AvgIpc) is 3.33. The minimum atomic E-state index is -0.638. The molecule has 3 aliphatic rings. The van der Waals surface area contributed by atoms with Crippen LogP contribution in [0.3, 0.4) is 0 Å². The number of carbonyl (C=O) groups is 2. The Hall–Kier alpha value is -3.75. The zero-order chi connectivity index (χ0) is 28.1. The number of halogens is 1. The van der Waals surface area contributed by atoms with Crippen molar-refractivity contribution in [3.63, 3.8) is 0 Å². The fraction of sp³-hybridized carbons (Fsp3) is 0.355. The molecule has 3 aromatic carbocycles. The Kier molecular flexibility index (Phi) is 8.77. The van der Waals surface area contributed by atoms with E-state index in [0.717, 1.165) is 55.1 Å². The van der Waals surface area contributed by atoms with Gasteiger partial charge in [-0.25, -0.2) is 0 Å². The monoisotopic (exact) mass is 564 g/mol. The molecule has 0 aliphatic carbocycles. The van der Waals surface area contributed by atoms with Gasteiger partial charge in [0.05, 0.1) is 24.8 Å². The summed E-state index contributed by atoms with van der Waals surface area (Å²) in [6.45, 7) is 3.64. The molecule has 210 valence electrons. The van der Waals surface area contributed by atoms with Crippen molar-refractivity contribution in [3.05, 3.63) is 82.4 Å². The van der Waals surface area contributed by atoms with E-state index in [-0.39, 0.29) is 35.6 Å². The number of piperidine rings is 1. The number of fused-ring (bicyclic) bond motifs is 4. The lowest BCUT2D eigenvalue weighted by Gasteiger charge is -2.31. The van der Waals surface area contributed by atoms with Gasteiger partial charge in [0.25, 0.3) is 11.7 Å². The first-order valence-electron chi connectivity index (χ1n) is 13.4. The minimum Gasteiger partial charge on any atom is -0.497 e. The lowest BCUT2D eigenvalue weighted by molar-refractivity contribution is -0.128. The first-order chi connectivity index (χ1) is 19.5. The molecule has 9 heteroatoms. The Balaban J connectivity index is 1.39. The van der Waals surface area contributed by atoms with Crippen LogP contribution >= 0.6 is 11.6 Å². The summed E-state index contributed by atoms with van der Waals surface area (Å²) in [6.07, 6.45) is 1.75. The maximum Gasteiger partial charge on any atom is 0.295 e. The molecule has 3 aliphatic heterocycles. The molecule has 0 aromatic heterocycles. The van der Waals surface area contributed by atoms with Crippen LogP contribution in [0.4, 0.5) is 0 Å². The first-order valence-corrected chi connectivity index (χ1v) is 13.8. The van der Waals surface area contributed by atoms with Gasteiger partial charge in [-0.2, -0.15) is 0 Å². The van der Waals surface area contributed by atoms with Gasteiger partial charge in [-0.15, -0.1) is 0 Å². The summed E-state index contributed by atoms with van der Waals surface area (Å²) in [6, 6.07) is 18.2. The number of ketones is 1. The maximum atomic E-state index is 13.5. The molecule has 40 heavy (non-hydrogen) atoms. The number of nitrogens with zero attached hydrogens (tertiary/aromatic N) is 2. The van der Waals surface area contributed by atoms with E-state index in [1.807, 2.05) is 48.5 Å². The summed E-state index contributed by atoms with van der Waals surface area (Å²) in [5, 5.41) is 0.0574. The van der Waals surface area contributed by atoms with Gasteiger partial charge >= 0.3 is 0 Å². The van der Waals surface area contributed by atoms with Crippen LogP contribution in [-0.4, -0.2) is 67.9 Å². The van der Waals surface area contributed by atoms with Crippen LogP contribution in [0, 0.1) is 0 Å². The van der Waals surface area contributed by atoms with E-state index in [1.54, 1.807) is 31.3 Å². The molecule has 0 N–H and O–H groups in total. The lowest BCUT2D eigenvalue weighted by Crippen LogP contribution is -2.44. The van der Waals surface area contributed by atoms with Gasteiger partial charge in [0.15, 0.2) is 11.5 Å². The van der Waals surface area contributed by atoms with Gasteiger partial charge in [0, 0.05) is 32.2 Å². The smallest absolute Gasteiger partial charge is 0.295 e. The molecule has 0 atom stereocenters. The number of Topliss-reactive ketones (excluding diaryl/α,β-unsaturated/α-hetero) is 1. The van der Waals surface area contributed by atoms with Crippen molar-refractivity contribution in [2.45, 2.75) is 32.1 Å². The number of carbonyl (C=O) groups excluding carboxylic acids is 2. The SMILES string of the molecule is COc1ccc(COc2ccc(C(=O)C(=O)N3CCN4CCC3CC4)c(Cl)c2OCc2ccc(OC)cc2)cc1. The summed E-state index contributed by atoms with van der Waals surface area (Å²) in [4.78, 5) is 30.9. The zero-order valence-corrected chi connectivity index (χ0v) is 23.5. The predicted octanol–water partition coefficient (Wildman–Crippen LogP) is 5.00. The standard InChI is InChI=1S/C31H33ClN2O6/c1-37-24-7-3-21(4-8-24)19-39-27-12-11-26(28(32)30(27)40-20-22-5-9-25(38-2)10-6-22)29(35)31(36)34-18-17-33-15-13-23(34)14-16-33/h3-12,23H,13-20H2,1-2H3. The Bertz CT molecular complexity index is 1340. The molecular formula is C31H33ClN2O6. The van der Waals surface area contributed by atoms with Crippen molar-refractivity contribution < 1.29 is 28.5 Å². The van der Waals surface area contributed by atoms with Crippen LogP contribution in [0.15, 0.2) is 60.7 Å². The molecule has 3 saturated heterocycles. The highest BCUT2D eigenvalue weighted by Gasteiger charge is 2.36. The van der Waals surface area contributed by atoms with Crippen molar-refractivity contribution in [1.82, 2.24) is 9.80 Å². The highest BCUT2D eigenvalue weighted by atomic mass is 35.5. The van der Waals surface area contributed by atoms with Crippen LogP contribution in [-0.2, 0) is 18.0 Å². The number of benzene rings is 3. The fourth-order valence-corrected chi connectivity index (χ4v) is 5.42. The third-order valence-corrected chi connectivity index (χ3v) is 7.89. The molecule has 3 fully saturated rings. The van der Waals surface area contributed by atoms with Crippen LogP contribution in [0.1, 0.15) is 34.3 Å². The molecule has 6 rings (SSSR count). The van der Waals surface area contributed by atoms with Gasteiger partial charge in [-0.05, 0) is 60.4 Å². The summed E-state index contributed by atoms with van der Waals surface area (Å²) in [5.74, 6) is 0.907. The normalized spacial score (nSPS) is 18.1. The molecule has 1 amide bonds. The number of rotatable bonds is 10. The Morgan fingerprint density at radius 1 is 0.775 bits per heavy atom. The van der Waals surface area contributed by atoms with Crippen LogP contribution in [0.5, 0.6) is 23.0 Å². The van der Waals surface area contributed by atoms with Crippen molar-refractivity contribution in [2.24, 2.45) is 0 Å². The summed E-state index contributed by atoms with van der Waals surface area (Å²) < 4.78 is 22.7. The van der Waals surface area contributed by atoms with E-state index in [2.05, 4.69) is 4.90 Å². The van der Waals surface area contributed by atoms with Gasteiger partial charge < -0.3 is 28.7 Å². The van der Waals surface area contributed by atoms with Crippen molar-refractivity contribution in [3.8, 4) is 23.0 Å². The molecule has 0 saturated carbocycles. The zero-order valence-electron chi connectivity index (χ0n) is 22.7. The molecule has 0 unspecified atom stereocenters. The van der Waals surface area contributed by atoms with Gasteiger partial charge in [-0.1, -0.05) is 35.9 Å². The second-order valence-corrected chi connectivity index (χ2v) is 10.3. The van der Waals surface area contributed by atoms with Crippen molar-refractivity contribution in [2.75, 3.05) is 40.4 Å². The number of methoxy groups -OCH3 is 2. The highest BCUT2D eigenvalue weighted by molar-refractivity contribution is 6.47. The largest absolute Gasteiger partial charge is 0.497 e. The number of hydrogen-bond donors (Lipinski definition) is 0. The quantitative estimate of drug-likeness (QED) is 0.253. The average molecular weight is 565 g/mol. The summed E-state index contributed by atoms with van der Waals surface area (Å²) in [7, 11) is 3.22. The van der Waals surface area contributed by atoms with Crippen molar-refractivity contribution in [1.29, 1.82) is 0 Å². The van der Waals surface area contributed by atoms with E-state index >= 15 is 0 Å². The van der Waals surface area contributed by atoms with E-state index in [1.165, 1.54) is 0 Å². The molecule has 0 radical (unpaired) electrons. The highest BCUT2D eigenvalue weighted by Crippen LogP contribution is 2.39. The molecule has 3 aromatic rings. The van der Waals surface area contributed by atoms with Gasteiger partial charge in [0.1, 0.15) is 24.7 Å². The second kappa shape index (κ2) is 12.6. The van der Waals surface area contributed by atoms with Gasteiger partial charge in [-0.3, -0.25) is 9.59 Å². The third kappa shape index (κ3) is 6.18. The van der Waals surface area contributed by atoms with E-state index in [4.69, 9.17) is 30.5 Å². The van der Waals surface area contributed by atoms with Crippen molar-refractivity contribution >= 4 is 23.3 Å². The fourth-order valence-electron chi connectivity index (χ4n) is 5.12. The molecule has 0 spiro atoms. The lowest BCUT2D eigenvalue weighted by atomic mass is 10.0. The van der Waals surface area contributed by atoms with Gasteiger partial charge in [0.2, 0.25) is 0 Å². The first kappa shape index (κ1) is 27.8. The van der Waals surface area contributed by atoms with E-state index < -0.39 is 11.7 Å². The predicted molar refractivity (Wildman–Crippen MR) is 152 cm³/mol. The van der Waals surface area contributed by atoms with E-state index in [9.17, 15) is 9.59 Å². The van der Waals surface area contributed by atoms with Crippen LogP contribution in [0.25, 0.3) is 0 Å². The third-order valence-electron chi connectivity index (χ3n) is 7.51. The number of hydrogen-bond acceptors (Lipinski definition) is 7. The Labute approximate surface area is 239 Å². The molecule has 8 nitrogen and oxygen atoms in total. The molecule has 3 heterocycles. The number of ether oxygens (including phenoxy) is 4. The second-order valence-electron chi connectivity index (χ2n) is 9.93. The van der Waals surface area contributed by atoms with Crippen LogP contribution in [0.2, 0.25) is 5.02 Å². The number of amides is 1.